The van der Waals surface area contributed by atoms with Crippen molar-refractivity contribution in [3.63, 3.8) is 0 Å². The third kappa shape index (κ3) is 4.79. The normalized spacial score (nSPS) is 19.2. The van der Waals surface area contributed by atoms with Crippen LogP contribution in [0.4, 0.5) is 0 Å². The fraction of sp³-hybridized carbons (Fsp3) is 0.556. The van der Waals surface area contributed by atoms with E-state index in [1.807, 2.05) is 45.4 Å². The summed E-state index contributed by atoms with van der Waals surface area (Å²) in [5.74, 6) is -0.210. The van der Waals surface area contributed by atoms with E-state index in [2.05, 4.69) is 15.1 Å². The fourth-order valence-corrected chi connectivity index (χ4v) is 3.03. The average molecular weight is 332 g/mol. The summed E-state index contributed by atoms with van der Waals surface area (Å²) in [5, 5.41) is 2.70. The van der Waals surface area contributed by atoms with Crippen LogP contribution in [0.3, 0.4) is 0 Å². The van der Waals surface area contributed by atoms with Crippen molar-refractivity contribution < 1.29 is 9.59 Å². The van der Waals surface area contributed by atoms with Crippen LogP contribution in [0.5, 0.6) is 0 Å². The Kier molecular flexibility index (Phi) is 6.34. The van der Waals surface area contributed by atoms with Gasteiger partial charge in [0.25, 0.3) is 5.91 Å². The number of hydrogen-bond donors (Lipinski definition) is 1. The summed E-state index contributed by atoms with van der Waals surface area (Å²) >= 11 is 0. The number of nitrogens with one attached hydrogen (secondary N) is 1. The molecule has 1 unspecified atom stereocenters. The minimum atomic E-state index is -0.195. The first-order chi connectivity index (χ1) is 11.4. The first-order valence-electron chi connectivity index (χ1n) is 8.33. The molecule has 0 aromatic heterocycles. The molecule has 0 aliphatic carbocycles. The van der Waals surface area contributed by atoms with E-state index in [1.165, 1.54) is 5.56 Å². The Bertz CT molecular complexity index is 571. The van der Waals surface area contributed by atoms with E-state index in [0.29, 0.717) is 25.2 Å². The summed E-state index contributed by atoms with van der Waals surface area (Å²) in [6.45, 7) is 3.40. The van der Waals surface area contributed by atoms with Crippen molar-refractivity contribution in [1.82, 2.24) is 20.0 Å². The monoisotopic (exact) mass is 332 g/mol. The Morgan fingerprint density at radius 1 is 1.17 bits per heavy atom. The van der Waals surface area contributed by atoms with Crippen LogP contribution in [0.25, 0.3) is 0 Å². The Balaban J connectivity index is 2.10. The third-order valence-electron chi connectivity index (χ3n) is 4.33. The van der Waals surface area contributed by atoms with Gasteiger partial charge in [-0.3, -0.25) is 9.59 Å². The van der Waals surface area contributed by atoms with E-state index in [4.69, 9.17) is 0 Å². The molecule has 1 aromatic rings. The van der Waals surface area contributed by atoms with E-state index in [9.17, 15) is 9.59 Å². The molecule has 1 atom stereocenters. The van der Waals surface area contributed by atoms with Gasteiger partial charge in [-0.05, 0) is 38.8 Å². The van der Waals surface area contributed by atoms with E-state index < -0.39 is 0 Å². The third-order valence-corrected chi connectivity index (χ3v) is 4.33. The standard InChI is InChI=1S/C18H28N4O2/c1-19-17(23)16-12-21(4)9-10-22(13-16)18(24)15-7-5-14(6-8-15)11-20(2)3/h5-8,16H,9-13H2,1-4H3,(H,19,23). The zero-order valence-corrected chi connectivity index (χ0v) is 15.1. The Labute approximate surface area is 144 Å². The van der Waals surface area contributed by atoms with Crippen molar-refractivity contribution >= 4 is 11.8 Å². The van der Waals surface area contributed by atoms with E-state index >= 15 is 0 Å². The molecule has 0 spiro atoms. The van der Waals surface area contributed by atoms with Gasteiger partial charge < -0.3 is 20.0 Å². The number of benzene rings is 1. The van der Waals surface area contributed by atoms with Crippen molar-refractivity contribution in [2.75, 3.05) is 54.4 Å². The van der Waals surface area contributed by atoms with Gasteiger partial charge in [0.05, 0.1) is 5.92 Å². The van der Waals surface area contributed by atoms with Gasteiger partial charge in [-0.1, -0.05) is 12.1 Å². The SMILES string of the molecule is CNC(=O)C1CN(C)CCN(C(=O)c2ccc(CN(C)C)cc2)C1. The molecule has 6 heteroatoms. The lowest BCUT2D eigenvalue weighted by Crippen LogP contribution is -2.41. The molecule has 1 fully saturated rings. The highest BCUT2D eigenvalue weighted by atomic mass is 16.2. The smallest absolute Gasteiger partial charge is 0.253 e. The van der Waals surface area contributed by atoms with Gasteiger partial charge in [0, 0.05) is 45.3 Å². The van der Waals surface area contributed by atoms with Crippen LogP contribution in [-0.4, -0.2) is 80.9 Å². The van der Waals surface area contributed by atoms with Gasteiger partial charge in [0.2, 0.25) is 5.91 Å². The summed E-state index contributed by atoms with van der Waals surface area (Å²) in [6.07, 6.45) is 0. The molecule has 0 saturated carbocycles. The molecule has 6 nitrogen and oxygen atoms in total. The van der Waals surface area contributed by atoms with E-state index in [1.54, 1.807) is 11.9 Å². The van der Waals surface area contributed by atoms with Gasteiger partial charge in [-0.25, -0.2) is 0 Å². The molecule has 1 aromatic carbocycles. The van der Waals surface area contributed by atoms with Crippen molar-refractivity contribution in [1.29, 1.82) is 0 Å². The number of amides is 2. The lowest BCUT2D eigenvalue weighted by Gasteiger charge is -2.23. The predicted molar refractivity (Wildman–Crippen MR) is 94.8 cm³/mol. The van der Waals surface area contributed by atoms with Crippen LogP contribution in [0.2, 0.25) is 0 Å². The molecular weight excluding hydrogens is 304 g/mol. The van der Waals surface area contributed by atoms with Gasteiger partial charge >= 0.3 is 0 Å². The second-order valence-corrected chi connectivity index (χ2v) is 6.76. The van der Waals surface area contributed by atoms with Crippen molar-refractivity contribution in [2.24, 2.45) is 5.92 Å². The summed E-state index contributed by atoms with van der Waals surface area (Å²) in [4.78, 5) is 30.8. The lowest BCUT2D eigenvalue weighted by atomic mass is 10.1. The number of nitrogens with zero attached hydrogens (tertiary/aromatic N) is 3. The van der Waals surface area contributed by atoms with Crippen molar-refractivity contribution in [3.8, 4) is 0 Å². The maximum absolute atomic E-state index is 12.8. The van der Waals surface area contributed by atoms with E-state index in [0.717, 1.165) is 13.1 Å². The minimum Gasteiger partial charge on any atom is -0.359 e. The molecule has 132 valence electrons. The zero-order chi connectivity index (χ0) is 17.7. The second kappa shape index (κ2) is 8.26. The molecular formula is C18H28N4O2. The fourth-order valence-electron chi connectivity index (χ4n) is 3.03. The van der Waals surface area contributed by atoms with Crippen molar-refractivity contribution in [3.05, 3.63) is 35.4 Å². The van der Waals surface area contributed by atoms with Crippen LogP contribution in [0, 0.1) is 5.92 Å². The van der Waals surface area contributed by atoms with Gasteiger partial charge in [-0.2, -0.15) is 0 Å². The molecule has 1 aliphatic rings. The number of carbonyl (C=O) groups is 2. The molecule has 0 bridgehead atoms. The van der Waals surface area contributed by atoms with Crippen LogP contribution in [-0.2, 0) is 11.3 Å². The molecule has 1 N–H and O–H groups in total. The Morgan fingerprint density at radius 3 is 2.42 bits per heavy atom. The van der Waals surface area contributed by atoms with Gasteiger partial charge in [-0.15, -0.1) is 0 Å². The molecule has 1 aliphatic heterocycles. The molecule has 1 heterocycles. The molecule has 0 radical (unpaired) electrons. The van der Waals surface area contributed by atoms with Crippen LogP contribution >= 0.6 is 0 Å². The summed E-state index contributed by atoms with van der Waals surface area (Å²) in [5.41, 5.74) is 1.85. The van der Waals surface area contributed by atoms with Crippen LogP contribution in [0.15, 0.2) is 24.3 Å². The highest BCUT2D eigenvalue weighted by Gasteiger charge is 2.28. The number of rotatable bonds is 4. The highest BCUT2D eigenvalue weighted by molar-refractivity contribution is 5.94. The number of carbonyl (C=O) groups excluding carboxylic acids is 2. The summed E-state index contributed by atoms with van der Waals surface area (Å²) in [6, 6.07) is 7.75. The first-order valence-corrected chi connectivity index (χ1v) is 8.33. The maximum atomic E-state index is 12.8. The topological polar surface area (TPSA) is 55.9 Å². The predicted octanol–water partition coefficient (Wildman–Crippen LogP) is 0.498. The van der Waals surface area contributed by atoms with E-state index in [-0.39, 0.29) is 17.7 Å². The summed E-state index contributed by atoms with van der Waals surface area (Å²) in [7, 11) is 7.67. The molecule has 2 rings (SSSR count). The van der Waals surface area contributed by atoms with Crippen LogP contribution in [0.1, 0.15) is 15.9 Å². The zero-order valence-electron chi connectivity index (χ0n) is 15.1. The molecule has 2 amide bonds. The largest absolute Gasteiger partial charge is 0.359 e. The molecule has 1 saturated heterocycles. The Morgan fingerprint density at radius 2 is 1.83 bits per heavy atom. The highest BCUT2D eigenvalue weighted by Crippen LogP contribution is 2.14. The molecule has 24 heavy (non-hydrogen) atoms. The second-order valence-electron chi connectivity index (χ2n) is 6.76. The average Bonchev–Trinajstić information content (AvgIpc) is 2.75. The van der Waals surface area contributed by atoms with Crippen molar-refractivity contribution in [2.45, 2.75) is 6.54 Å². The van der Waals surface area contributed by atoms with Crippen LogP contribution < -0.4 is 5.32 Å². The number of hydrogen-bond acceptors (Lipinski definition) is 4. The maximum Gasteiger partial charge on any atom is 0.253 e. The van der Waals surface area contributed by atoms with Gasteiger partial charge in [0.1, 0.15) is 0 Å². The first kappa shape index (κ1) is 18.4. The lowest BCUT2D eigenvalue weighted by molar-refractivity contribution is -0.125. The quantitative estimate of drug-likeness (QED) is 0.872. The Hall–Kier alpha value is -1.92. The summed E-state index contributed by atoms with van der Waals surface area (Å²) < 4.78 is 0. The van der Waals surface area contributed by atoms with Gasteiger partial charge in [0.15, 0.2) is 0 Å². The minimum absolute atomic E-state index is 0.00407. The number of likely N-dealkylation sites (N-methyl/N-ethyl adjacent to an activating group) is 1.